The summed E-state index contributed by atoms with van der Waals surface area (Å²) in [7, 11) is 0. The second-order valence-electron chi connectivity index (χ2n) is 7.78. The van der Waals surface area contributed by atoms with Gasteiger partial charge in [0.15, 0.2) is 0 Å². The number of rotatable bonds is 6. The Balaban J connectivity index is 1.74. The minimum atomic E-state index is -0.0106. The van der Waals surface area contributed by atoms with Gasteiger partial charge in [-0.15, -0.1) is 0 Å². The molecule has 1 aliphatic rings. The van der Waals surface area contributed by atoms with E-state index in [4.69, 9.17) is 4.74 Å². The number of morpholine rings is 1. The van der Waals surface area contributed by atoms with Crippen LogP contribution in [0.1, 0.15) is 52.9 Å². The van der Waals surface area contributed by atoms with Crippen LogP contribution in [0.3, 0.4) is 0 Å². The Bertz CT molecular complexity index is 732. The number of ether oxygens (including phenoxy) is 1. The van der Waals surface area contributed by atoms with E-state index < -0.39 is 0 Å². The van der Waals surface area contributed by atoms with Crippen molar-refractivity contribution >= 4 is 5.91 Å². The van der Waals surface area contributed by atoms with E-state index in [1.54, 1.807) is 0 Å². The quantitative estimate of drug-likeness (QED) is 0.824. The van der Waals surface area contributed by atoms with Crippen LogP contribution in [-0.2, 0) is 4.74 Å². The van der Waals surface area contributed by atoms with Crippen LogP contribution in [0.25, 0.3) is 0 Å². The van der Waals surface area contributed by atoms with Gasteiger partial charge in [-0.25, -0.2) is 0 Å². The van der Waals surface area contributed by atoms with Gasteiger partial charge in [0.1, 0.15) is 25.7 Å². The molecule has 4 heteroatoms. The molecule has 1 atom stereocenters. The van der Waals surface area contributed by atoms with Crippen molar-refractivity contribution in [3.8, 4) is 0 Å². The van der Waals surface area contributed by atoms with E-state index in [-0.39, 0.29) is 11.9 Å². The summed E-state index contributed by atoms with van der Waals surface area (Å²) in [5, 5.41) is 3.26. The Morgan fingerprint density at radius 3 is 2.19 bits per heavy atom. The summed E-state index contributed by atoms with van der Waals surface area (Å²) in [6, 6.07) is 16.4. The number of nitrogens with one attached hydrogen (secondary N) is 2. The maximum Gasteiger partial charge on any atom is 0.251 e. The standard InChI is InChI=1S/C23H30N2O2/c1-17(2)19-8-10-21(11-9-19)23(26)24-22(16-25-12-14-27-15-13-25)20-6-4-18(3)5-7-20/h4-11,17,22H,12-16H2,1-3H3,(H,24,26)/p+1/t22-/m1/s1. The minimum Gasteiger partial charge on any atom is -0.370 e. The number of hydrogen-bond acceptors (Lipinski definition) is 2. The molecule has 0 unspecified atom stereocenters. The van der Waals surface area contributed by atoms with Crippen molar-refractivity contribution in [1.29, 1.82) is 0 Å². The molecular weight excluding hydrogens is 336 g/mol. The van der Waals surface area contributed by atoms with Gasteiger partial charge in [-0.2, -0.15) is 0 Å². The normalized spacial score (nSPS) is 16.3. The summed E-state index contributed by atoms with van der Waals surface area (Å²) in [5.74, 6) is 0.455. The summed E-state index contributed by atoms with van der Waals surface area (Å²) in [6.45, 7) is 10.8. The number of aryl methyl sites for hydroxylation is 1. The molecule has 2 aromatic carbocycles. The van der Waals surface area contributed by atoms with Crippen LogP contribution in [-0.4, -0.2) is 38.8 Å². The van der Waals surface area contributed by atoms with E-state index in [1.807, 2.05) is 24.3 Å². The molecule has 1 aliphatic heterocycles. The van der Waals surface area contributed by atoms with E-state index in [0.29, 0.717) is 11.5 Å². The first kappa shape index (κ1) is 19.6. The van der Waals surface area contributed by atoms with Crippen LogP contribution >= 0.6 is 0 Å². The molecular formula is C23H31N2O2+. The average molecular weight is 368 g/mol. The van der Waals surface area contributed by atoms with Crippen LogP contribution in [0.5, 0.6) is 0 Å². The third-order valence-electron chi connectivity index (χ3n) is 5.32. The van der Waals surface area contributed by atoms with Crippen molar-refractivity contribution in [2.24, 2.45) is 0 Å². The lowest BCUT2D eigenvalue weighted by Gasteiger charge is -2.28. The highest BCUT2D eigenvalue weighted by Crippen LogP contribution is 2.17. The first-order chi connectivity index (χ1) is 13.0. The Labute approximate surface area is 162 Å². The minimum absolute atomic E-state index is 0.00373. The molecule has 4 nitrogen and oxygen atoms in total. The molecule has 0 spiro atoms. The summed E-state index contributed by atoms with van der Waals surface area (Å²) < 4.78 is 5.48. The van der Waals surface area contributed by atoms with Crippen molar-refractivity contribution in [3.63, 3.8) is 0 Å². The lowest BCUT2D eigenvalue weighted by atomic mass is 10.0. The van der Waals surface area contributed by atoms with Gasteiger partial charge < -0.3 is 15.0 Å². The molecule has 0 saturated carbocycles. The average Bonchev–Trinajstić information content (AvgIpc) is 2.69. The van der Waals surface area contributed by atoms with Gasteiger partial charge in [-0.1, -0.05) is 55.8 Å². The maximum atomic E-state index is 12.9. The van der Waals surface area contributed by atoms with Crippen molar-refractivity contribution in [3.05, 3.63) is 70.8 Å². The van der Waals surface area contributed by atoms with Gasteiger partial charge in [-0.3, -0.25) is 4.79 Å². The number of amides is 1. The Kier molecular flexibility index (Phi) is 6.64. The van der Waals surface area contributed by atoms with Crippen LogP contribution in [0.2, 0.25) is 0 Å². The fraction of sp³-hybridized carbons (Fsp3) is 0.435. The van der Waals surface area contributed by atoms with E-state index >= 15 is 0 Å². The fourth-order valence-electron chi connectivity index (χ4n) is 3.46. The zero-order valence-corrected chi connectivity index (χ0v) is 16.6. The Hall–Kier alpha value is -2.17. The van der Waals surface area contributed by atoms with Gasteiger partial charge in [0, 0.05) is 5.56 Å². The van der Waals surface area contributed by atoms with Crippen molar-refractivity contribution in [2.75, 3.05) is 32.8 Å². The highest BCUT2D eigenvalue weighted by Gasteiger charge is 2.23. The number of quaternary nitrogens is 1. The first-order valence-electron chi connectivity index (χ1n) is 9.91. The summed E-state index contributed by atoms with van der Waals surface area (Å²) in [6.07, 6.45) is 0. The van der Waals surface area contributed by atoms with Crippen LogP contribution < -0.4 is 10.2 Å². The smallest absolute Gasteiger partial charge is 0.251 e. The van der Waals surface area contributed by atoms with Gasteiger partial charge in [0.25, 0.3) is 5.91 Å². The number of benzene rings is 2. The second kappa shape index (κ2) is 9.16. The predicted octanol–water partition coefficient (Wildman–Crippen LogP) is 2.50. The molecule has 3 rings (SSSR count). The molecule has 1 amide bonds. The van der Waals surface area contributed by atoms with Crippen LogP contribution in [0, 0.1) is 6.92 Å². The molecule has 1 fully saturated rings. The van der Waals surface area contributed by atoms with Crippen molar-refractivity contribution < 1.29 is 14.4 Å². The highest BCUT2D eigenvalue weighted by molar-refractivity contribution is 5.94. The number of carbonyl (C=O) groups is 1. The molecule has 0 bridgehead atoms. The molecule has 1 heterocycles. The zero-order chi connectivity index (χ0) is 19.2. The van der Waals surface area contributed by atoms with Gasteiger partial charge in [0.05, 0.1) is 13.2 Å². The molecule has 144 valence electrons. The molecule has 0 aromatic heterocycles. The van der Waals surface area contributed by atoms with E-state index in [1.165, 1.54) is 16.0 Å². The second-order valence-corrected chi connectivity index (χ2v) is 7.78. The summed E-state index contributed by atoms with van der Waals surface area (Å²) in [5.41, 5.74) is 4.35. The molecule has 2 N–H and O–H groups in total. The molecule has 27 heavy (non-hydrogen) atoms. The molecule has 2 aromatic rings. The third-order valence-corrected chi connectivity index (χ3v) is 5.32. The third kappa shape index (κ3) is 5.41. The summed E-state index contributed by atoms with van der Waals surface area (Å²) in [4.78, 5) is 14.3. The van der Waals surface area contributed by atoms with Crippen LogP contribution in [0.15, 0.2) is 48.5 Å². The zero-order valence-electron chi connectivity index (χ0n) is 16.6. The lowest BCUT2D eigenvalue weighted by molar-refractivity contribution is -0.909. The SMILES string of the molecule is Cc1ccc([C@@H](C[NH+]2CCOCC2)NC(=O)c2ccc(C(C)C)cc2)cc1. The Morgan fingerprint density at radius 1 is 1.00 bits per heavy atom. The molecule has 0 radical (unpaired) electrons. The van der Waals surface area contributed by atoms with Crippen molar-refractivity contribution in [2.45, 2.75) is 32.7 Å². The topological polar surface area (TPSA) is 42.8 Å². The van der Waals surface area contributed by atoms with Crippen molar-refractivity contribution in [1.82, 2.24) is 5.32 Å². The fourth-order valence-corrected chi connectivity index (χ4v) is 3.46. The monoisotopic (exact) mass is 367 g/mol. The van der Waals surface area contributed by atoms with Gasteiger partial charge >= 0.3 is 0 Å². The molecule has 1 saturated heterocycles. The first-order valence-corrected chi connectivity index (χ1v) is 9.91. The molecule has 0 aliphatic carbocycles. The van der Waals surface area contributed by atoms with Crippen LogP contribution in [0.4, 0.5) is 0 Å². The Morgan fingerprint density at radius 2 is 1.59 bits per heavy atom. The van der Waals surface area contributed by atoms with Gasteiger partial charge in [0.2, 0.25) is 0 Å². The largest absolute Gasteiger partial charge is 0.370 e. The van der Waals surface area contributed by atoms with E-state index in [2.05, 4.69) is 50.4 Å². The highest BCUT2D eigenvalue weighted by atomic mass is 16.5. The van der Waals surface area contributed by atoms with E-state index in [9.17, 15) is 4.79 Å². The van der Waals surface area contributed by atoms with Gasteiger partial charge in [-0.05, 0) is 36.1 Å². The summed E-state index contributed by atoms with van der Waals surface area (Å²) >= 11 is 0. The van der Waals surface area contributed by atoms with E-state index in [0.717, 1.165) is 38.4 Å². The maximum absolute atomic E-state index is 12.9. The predicted molar refractivity (Wildman–Crippen MR) is 108 cm³/mol. The number of carbonyl (C=O) groups excluding carboxylic acids is 1. The number of hydrogen-bond donors (Lipinski definition) is 2. The lowest BCUT2D eigenvalue weighted by Crippen LogP contribution is -3.14.